The minimum atomic E-state index is -0.982. The molecule has 0 aromatic heterocycles. The summed E-state index contributed by atoms with van der Waals surface area (Å²) in [5.74, 6) is -1.68. The molecule has 0 spiro atoms. The van der Waals surface area contributed by atoms with Crippen molar-refractivity contribution in [3.8, 4) is 6.07 Å². The van der Waals surface area contributed by atoms with E-state index >= 15 is 0 Å². The highest BCUT2D eigenvalue weighted by molar-refractivity contribution is 6.42. The molecule has 0 saturated carbocycles. The zero-order valence-electron chi connectivity index (χ0n) is 7.00. The van der Waals surface area contributed by atoms with Crippen LogP contribution in [0.3, 0.4) is 0 Å². The Bertz CT molecular complexity index is 412. The molecule has 1 unspecified atom stereocenters. The van der Waals surface area contributed by atoms with Crippen molar-refractivity contribution in [1.82, 2.24) is 0 Å². The summed E-state index contributed by atoms with van der Waals surface area (Å²) in [5, 5.41) is 9.35. The molecule has 72 valence electrons. The molecule has 1 rings (SSSR count). The first-order valence-corrected chi connectivity index (χ1v) is 4.45. The summed E-state index contributed by atoms with van der Waals surface area (Å²) in [6, 6.07) is 6.32. The van der Waals surface area contributed by atoms with E-state index < -0.39 is 11.8 Å². The second-order valence-corrected chi connectivity index (χ2v) is 3.45. The Balaban J connectivity index is 3.14. The third-order valence-corrected chi connectivity index (χ3v) is 2.43. The molecule has 0 radical (unpaired) electrons. The monoisotopic (exact) mass is 228 g/mol. The summed E-state index contributed by atoms with van der Waals surface area (Å²) >= 11 is 11.4. The second-order valence-electron chi connectivity index (χ2n) is 2.64. The Labute approximate surface area is 91.0 Å². The van der Waals surface area contributed by atoms with E-state index in [1.807, 2.05) is 0 Å². The van der Waals surface area contributed by atoms with Crippen molar-refractivity contribution in [2.24, 2.45) is 5.73 Å². The van der Waals surface area contributed by atoms with Gasteiger partial charge in [-0.1, -0.05) is 29.3 Å². The van der Waals surface area contributed by atoms with Gasteiger partial charge in [0.1, 0.15) is 5.92 Å². The molecule has 0 saturated heterocycles. The van der Waals surface area contributed by atoms with Crippen molar-refractivity contribution in [2.75, 3.05) is 0 Å². The van der Waals surface area contributed by atoms with E-state index in [2.05, 4.69) is 0 Å². The molecule has 0 fully saturated rings. The maximum absolute atomic E-state index is 10.9. The molecule has 0 bridgehead atoms. The molecule has 0 aliphatic rings. The summed E-state index contributed by atoms with van der Waals surface area (Å²) in [7, 11) is 0. The van der Waals surface area contributed by atoms with Crippen molar-refractivity contribution in [3.63, 3.8) is 0 Å². The maximum Gasteiger partial charge on any atom is 0.239 e. The number of hydrogen-bond acceptors (Lipinski definition) is 2. The van der Waals surface area contributed by atoms with E-state index in [4.69, 9.17) is 34.2 Å². The quantitative estimate of drug-likeness (QED) is 0.843. The molecule has 0 heterocycles. The van der Waals surface area contributed by atoms with Gasteiger partial charge in [0, 0.05) is 0 Å². The lowest BCUT2D eigenvalue weighted by Crippen LogP contribution is -2.19. The fourth-order valence-electron chi connectivity index (χ4n) is 0.994. The Kier molecular flexibility index (Phi) is 3.34. The number of amides is 1. The number of carbonyl (C=O) groups is 1. The van der Waals surface area contributed by atoms with E-state index in [-0.39, 0.29) is 0 Å². The van der Waals surface area contributed by atoms with Gasteiger partial charge in [-0.2, -0.15) is 5.26 Å². The number of halogens is 2. The van der Waals surface area contributed by atoms with Gasteiger partial charge in [-0.3, -0.25) is 4.79 Å². The number of nitrogens with zero attached hydrogens (tertiary/aromatic N) is 1. The van der Waals surface area contributed by atoms with E-state index in [0.717, 1.165) is 0 Å². The van der Waals surface area contributed by atoms with Gasteiger partial charge in [0.2, 0.25) is 5.91 Å². The van der Waals surface area contributed by atoms with Gasteiger partial charge in [-0.15, -0.1) is 0 Å². The second kappa shape index (κ2) is 4.32. The highest BCUT2D eigenvalue weighted by atomic mass is 35.5. The lowest BCUT2D eigenvalue weighted by atomic mass is 10.0. The van der Waals surface area contributed by atoms with Crippen LogP contribution in [0.2, 0.25) is 10.0 Å². The van der Waals surface area contributed by atoms with E-state index in [1.165, 1.54) is 12.1 Å². The molecule has 1 amide bonds. The minimum Gasteiger partial charge on any atom is -0.368 e. The standard InChI is InChI=1S/C9H6Cl2N2O/c10-7-2-1-5(3-8(7)11)6(4-12)9(13)14/h1-3,6H,(H2,13,14). The normalized spacial score (nSPS) is 11.8. The number of rotatable bonds is 2. The summed E-state index contributed by atoms with van der Waals surface area (Å²) < 4.78 is 0. The molecule has 0 aliphatic carbocycles. The molecule has 1 aromatic carbocycles. The zero-order valence-corrected chi connectivity index (χ0v) is 8.51. The number of benzene rings is 1. The SMILES string of the molecule is N#CC(C(N)=O)c1ccc(Cl)c(Cl)c1. The topological polar surface area (TPSA) is 66.9 Å². The van der Waals surface area contributed by atoms with Crippen LogP contribution in [-0.4, -0.2) is 5.91 Å². The summed E-state index contributed by atoms with van der Waals surface area (Å²) in [6.45, 7) is 0. The van der Waals surface area contributed by atoms with Crippen LogP contribution >= 0.6 is 23.2 Å². The highest BCUT2D eigenvalue weighted by Crippen LogP contribution is 2.26. The molecule has 3 nitrogen and oxygen atoms in total. The van der Waals surface area contributed by atoms with Crippen LogP contribution in [0.1, 0.15) is 11.5 Å². The van der Waals surface area contributed by atoms with Gasteiger partial charge in [0.05, 0.1) is 16.1 Å². The Morgan fingerprint density at radius 3 is 2.50 bits per heavy atom. The Morgan fingerprint density at radius 2 is 2.07 bits per heavy atom. The average molecular weight is 229 g/mol. The van der Waals surface area contributed by atoms with E-state index in [9.17, 15) is 4.79 Å². The zero-order chi connectivity index (χ0) is 10.7. The van der Waals surface area contributed by atoms with Crippen LogP contribution in [-0.2, 0) is 4.79 Å². The van der Waals surface area contributed by atoms with Gasteiger partial charge in [-0.05, 0) is 17.7 Å². The highest BCUT2D eigenvalue weighted by Gasteiger charge is 2.17. The number of hydrogen-bond donors (Lipinski definition) is 1. The Hall–Kier alpha value is -1.24. The number of nitriles is 1. The first-order chi connectivity index (χ1) is 6.56. The van der Waals surface area contributed by atoms with Crippen molar-refractivity contribution in [1.29, 1.82) is 5.26 Å². The van der Waals surface area contributed by atoms with Crippen LogP contribution < -0.4 is 5.73 Å². The number of carbonyl (C=O) groups excluding carboxylic acids is 1. The van der Waals surface area contributed by atoms with Crippen molar-refractivity contribution in [2.45, 2.75) is 5.92 Å². The van der Waals surface area contributed by atoms with E-state index in [1.54, 1.807) is 12.1 Å². The fraction of sp³-hybridized carbons (Fsp3) is 0.111. The maximum atomic E-state index is 10.9. The average Bonchev–Trinajstić information content (AvgIpc) is 2.11. The van der Waals surface area contributed by atoms with Crippen LogP contribution in [0.15, 0.2) is 18.2 Å². The van der Waals surface area contributed by atoms with Gasteiger partial charge >= 0.3 is 0 Å². The fourth-order valence-corrected chi connectivity index (χ4v) is 1.30. The minimum absolute atomic E-state index is 0.297. The molecule has 0 aliphatic heterocycles. The smallest absolute Gasteiger partial charge is 0.239 e. The molecular formula is C9H6Cl2N2O. The lowest BCUT2D eigenvalue weighted by Gasteiger charge is -2.05. The molecule has 1 atom stereocenters. The van der Waals surface area contributed by atoms with Crippen LogP contribution in [0, 0.1) is 11.3 Å². The van der Waals surface area contributed by atoms with Crippen LogP contribution in [0.5, 0.6) is 0 Å². The van der Waals surface area contributed by atoms with Crippen molar-refractivity contribution >= 4 is 29.1 Å². The summed E-state index contributed by atoms with van der Waals surface area (Å²) in [4.78, 5) is 10.9. The first-order valence-electron chi connectivity index (χ1n) is 3.70. The third-order valence-electron chi connectivity index (χ3n) is 1.69. The predicted octanol–water partition coefficient (Wildman–Crippen LogP) is 2.09. The Morgan fingerprint density at radius 1 is 1.43 bits per heavy atom. The number of primary amides is 1. The number of nitrogens with two attached hydrogens (primary N) is 1. The molecule has 5 heteroatoms. The van der Waals surface area contributed by atoms with Gasteiger partial charge in [0.25, 0.3) is 0 Å². The van der Waals surface area contributed by atoms with Crippen molar-refractivity contribution < 1.29 is 4.79 Å². The molecule has 1 aromatic rings. The van der Waals surface area contributed by atoms with Gasteiger partial charge in [-0.25, -0.2) is 0 Å². The van der Waals surface area contributed by atoms with Crippen LogP contribution in [0.25, 0.3) is 0 Å². The van der Waals surface area contributed by atoms with E-state index in [0.29, 0.717) is 15.6 Å². The van der Waals surface area contributed by atoms with Crippen molar-refractivity contribution in [3.05, 3.63) is 33.8 Å². The summed E-state index contributed by atoms with van der Waals surface area (Å²) in [6.07, 6.45) is 0. The molecule has 14 heavy (non-hydrogen) atoms. The molecule has 2 N–H and O–H groups in total. The summed E-state index contributed by atoms with van der Waals surface area (Å²) in [5.41, 5.74) is 5.48. The largest absolute Gasteiger partial charge is 0.368 e. The third kappa shape index (κ3) is 2.16. The lowest BCUT2D eigenvalue weighted by molar-refractivity contribution is -0.118. The predicted molar refractivity (Wildman–Crippen MR) is 54.0 cm³/mol. The molecular weight excluding hydrogens is 223 g/mol. The van der Waals surface area contributed by atoms with Gasteiger partial charge < -0.3 is 5.73 Å². The van der Waals surface area contributed by atoms with Gasteiger partial charge in [0.15, 0.2) is 0 Å². The van der Waals surface area contributed by atoms with Crippen LogP contribution in [0.4, 0.5) is 0 Å². The first kappa shape index (κ1) is 10.8.